The number of guanidine groups is 1. The third-order valence-corrected chi connectivity index (χ3v) is 3.96. The van der Waals surface area contributed by atoms with Crippen LogP contribution in [0.25, 0.3) is 0 Å². The highest BCUT2D eigenvalue weighted by atomic mass is 127. The smallest absolute Gasteiger partial charge is 0.188 e. The molecule has 0 aromatic carbocycles. The van der Waals surface area contributed by atoms with Crippen LogP contribution in [0, 0.1) is 5.92 Å². The van der Waals surface area contributed by atoms with Crippen molar-refractivity contribution in [2.75, 3.05) is 26.2 Å². The molecule has 0 spiro atoms. The topological polar surface area (TPSA) is 66.5 Å². The molecular weight excluding hydrogens is 413 g/mol. The van der Waals surface area contributed by atoms with Gasteiger partial charge in [-0.05, 0) is 37.6 Å². The van der Waals surface area contributed by atoms with Crippen LogP contribution in [0.3, 0.4) is 0 Å². The number of aliphatic imine (C=N–C) groups is 1. The summed E-state index contributed by atoms with van der Waals surface area (Å²) in [4.78, 5) is 11.3. The summed E-state index contributed by atoms with van der Waals surface area (Å²) in [5.74, 6) is 1.19. The average molecular weight is 447 g/mol. The monoisotopic (exact) mass is 447 g/mol. The summed E-state index contributed by atoms with van der Waals surface area (Å²) < 4.78 is 0. The fourth-order valence-corrected chi connectivity index (χ4v) is 2.75. The van der Waals surface area contributed by atoms with E-state index in [2.05, 4.69) is 47.9 Å². The molecule has 0 bridgehead atoms. The predicted molar refractivity (Wildman–Crippen MR) is 114 cm³/mol. The molecule has 0 saturated carbocycles. The summed E-state index contributed by atoms with van der Waals surface area (Å²) in [5.41, 5.74) is 7.06. The molecular formula is C18H34IN5. The minimum Gasteiger partial charge on any atom is -0.370 e. The standard InChI is InChI=1S/C18H33N5.HI/c1-5-23(6-2)17(13-15(3)4)14-22-18(19)21-12-10-16-9-7-8-11-20-16;/h7-9,11,15,17H,5-6,10,12-14H2,1-4H3,(H3,19,21,22);1H. The van der Waals surface area contributed by atoms with Gasteiger partial charge in [-0.3, -0.25) is 14.9 Å². The first-order valence-corrected chi connectivity index (χ1v) is 8.74. The average Bonchev–Trinajstić information content (AvgIpc) is 2.54. The number of likely N-dealkylation sites (N-methyl/N-ethyl adjacent to an activating group) is 1. The van der Waals surface area contributed by atoms with E-state index >= 15 is 0 Å². The molecule has 1 aromatic rings. The highest BCUT2D eigenvalue weighted by Gasteiger charge is 2.16. The maximum atomic E-state index is 6.00. The molecule has 0 radical (unpaired) electrons. The van der Waals surface area contributed by atoms with Gasteiger partial charge in [0.25, 0.3) is 0 Å². The number of rotatable bonds is 10. The van der Waals surface area contributed by atoms with E-state index in [1.165, 1.54) is 0 Å². The van der Waals surface area contributed by atoms with Crippen molar-refractivity contribution in [3.05, 3.63) is 30.1 Å². The third-order valence-electron chi connectivity index (χ3n) is 3.96. The highest BCUT2D eigenvalue weighted by molar-refractivity contribution is 14.0. The molecule has 6 heteroatoms. The van der Waals surface area contributed by atoms with Crippen LogP contribution in [-0.4, -0.2) is 48.1 Å². The summed E-state index contributed by atoms with van der Waals surface area (Å²) in [6, 6.07) is 6.41. The van der Waals surface area contributed by atoms with Gasteiger partial charge in [-0.25, -0.2) is 0 Å². The fourth-order valence-electron chi connectivity index (χ4n) is 2.75. The quantitative estimate of drug-likeness (QED) is 0.329. The molecule has 138 valence electrons. The van der Waals surface area contributed by atoms with Gasteiger partial charge in [-0.2, -0.15) is 0 Å². The number of hydrogen-bond acceptors (Lipinski definition) is 3. The maximum Gasteiger partial charge on any atom is 0.188 e. The van der Waals surface area contributed by atoms with Gasteiger partial charge in [0.05, 0.1) is 6.54 Å². The second kappa shape index (κ2) is 13.4. The van der Waals surface area contributed by atoms with E-state index in [1.54, 1.807) is 0 Å². The Morgan fingerprint density at radius 2 is 2.00 bits per heavy atom. The lowest BCUT2D eigenvalue weighted by Gasteiger charge is -2.29. The summed E-state index contributed by atoms with van der Waals surface area (Å²) in [6.45, 7) is 12.5. The van der Waals surface area contributed by atoms with Crippen LogP contribution < -0.4 is 11.1 Å². The molecule has 1 aromatic heterocycles. The molecule has 1 unspecified atom stereocenters. The van der Waals surface area contributed by atoms with Crippen LogP contribution in [0.15, 0.2) is 29.4 Å². The first-order chi connectivity index (χ1) is 11.1. The van der Waals surface area contributed by atoms with E-state index in [4.69, 9.17) is 5.73 Å². The molecule has 0 amide bonds. The van der Waals surface area contributed by atoms with Crippen molar-refractivity contribution < 1.29 is 0 Å². The number of halogens is 1. The van der Waals surface area contributed by atoms with Gasteiger partial charge in [0, 0.05) is 30.9 Å². The first kappa shape index (κ1) is 23.1. The summed E-state index contributed by atoms with van der Waals surface area (Å²) >= 11 is 0. The third kappa shape index (κ3) is 9.42. The van der Waals surface area contributed by atoms with Crippen molar-refractivity contribution in [2.24, 2.45) is 16.6 Å². The predicted octanol–water partition coefficient (Wildman–Crippen LogP) is 2.90. The Morgan fingerprint density at radius 3 is 2.54 bits per heavy atom. The van der Waals surface area contributed by atoms with Crippen molar-refractivity contribution in [2.45, 2.75) is 46.6 Å². The summed E-state index contributed by atoms with van der Waals surface area (Å²) in [6.07, 6.45) is 3.81. The molecule has 1 rings (SSSR count). The first-order valence-electron chi connectivity index (χ1n) is 8.74. The molecule has 0 aliphatic heterocycles. The van der Waals surface area contributed by atoms with Crippen LogP contribution in [-0.2, 0) is 6.42 Å². The van der Waals surface area contributed by atoms with Gasteiger partial charge >= 0.3 is 0 Å². The number of nitrogens with two attached hydrogens (primary N) is 1. The number of nitrogens with zero attached hydrogens (tertiary/aromatic N) is 3. The Labute approximate surface area is 164 Å². The molecule has 24 heavy (non-hydrogen) atoms. The van der Waals surface area contributed by atoms with Crippen LogP contribution in [0.5, 0.6) is 0 Å². The van der Waals surface area contributed by atoms with E-state index < -0.39 is 0 Å². The summed E-state index contributed by atoms with van der Waals surface area (Å²) in [5, 5.41) is 3.18. The van der Waals surface area contributed by atoms with Gasteiger partial charge in [-0.1, -0.05) is 33.8 Å². The number of aromatic nitrogens is 1. The summed E-state index contributed by atoms with van der Waals surface area (Å²) in [7, 11) is 0. The molecule has 0 fully saturated rings. The minimum absolute atomic E-state index is 0. The zero-order valence-corrected chi connectivity index (χ0v) is 17.9. The van der Waals surface area contributed by atoms with E-state index in [9.17, 15) is 0 Å². The zero-order valence-electron chi connectivity index (χ0n) is 15.5. The van der Waals surface area contributed by atoms with Crippen LogP contribution in [0.1, 0.15) is 39.8 Å². The van der Waals surface area contributed by atoms with Gasteiger partial charge < -0.3 is 11.1 Å². The van der Waals surface area contributed by atoms with Gasteiger partial charge in [0.1, 0.15) is 0 Å². The fraction of sp³-hybridized carbons (Fsp3) is 0.667. The van der Waals surface area contributed by atoms with E-state index in [1.807, 2.05) is 24.4 Å². The largest absolute Gasteiger partial charge is 0.370 e. The normalized spacial score (nSPS) is 13.0. The molecule has 1 heterocycles. The lowest BCUT2D eigenvalue weighted by Crippen LogP contribution is -2.40. The Morgan fingerprint density at radius 1 is 1.29 bits per heavy atom. The molecule has 1 atom stereocenters. The SMILES string of the molecule is CCN(CC)C(CN=C(N)NCCc1ccccn1)CC(C)C.I. The second-order valence-corrected chi connectivity index (χ2v) is 6.23. The lowest BCUT2D eigenvalue weighted by atomic mass is 10.0. The van der Waals surface area contributed by atoms with Gasteiger partial charge in [0.15, 0.2) is 5.96 Å². The lowest BCUT2D eigenvalue weighted by molar-refractivity contribution is 0.196. The molecule has 3 N–H and O–H groups in total. The number of nitrogens with one attached hydrogen (secondary N) is 1. The number of hydrogen-bond donors (Lipinski definition) is 2. The maximum absolute atomic E-state index is 6.00. The van der Waals surface area contributed by atoms with Crippen LogP contribution in [0.2, 0.25) is 0 Å². The van der Waals surface area contributed by atoms with Crippen LogP contribution in [0.4, 0.5) is 0 Å². The Balaban J connectivity index is 0.00000529. The minimum atomic E-state index is 0. The van der Waals surface area contributed by atoms with E-state index in [-0.39, 0.29) is 24.0 Å². The van der Waals surface area contributed by atoms with Crippen LogP contribution >= 0.6 is 24.0 Å². The molecule has 0 saturated heterocycles. The Kier molecular flexibility index (Phi) is 12.9. The van der Waals surface area contributed by atoms with Crippen molar-refractivity contribution in [3.63, 3.8) is 0 Å². The number of pyridine rings is 1. The van der Waals surface area contributed by atoms with Gasteiger partial charge in [0.2, 0.25) is 0 Å². The van der Waals surface area contributed by atoms with Crippen molar-refractivity contribution >= 4 is 29.9 Å². The van der Waals surface area contributed by atoms with E-state index in [0.717, 1.165) is 44.7 Å². The molecule has 0 aliphatic carbocycles. The van der Waals surface area contributed by atoms with Crippen molar-refractivity contribution in [1.29, 1.82) is 0 Å². The highest BCUT2D eigenvalue weighted by Crippen LogP contribution is 2.12. The Hall–Kier alpha value is -0.890. The zero-order chi connectivity index (χ0) is 17.1. The second-order valence-electron chi connectivity index (χ2n) is 6.23. The van der Waals surface area contributed by atoms with Crippen molar-refractivity contribution in [3.8, 4) is 0 Å². The van der Waals surface area contributed by atoms with E-state index in [0.29, 0.717) is 17.9 Å². The molecule has 0 aliphatic rings. The van der Waals surface area contributed by atoms with Crippen molar-refractivity contribution in [1.82, 2.24) is 15.2 Å². The molecule has 5 nitrogen and oxygen atoms in total. The Bertz CT molecular complexity index is 446. The van der Waals surface area contributed by atoms with Gasteiger partial charge in [-0.15, -0.1) is 24.0 Å².